The molecule has 1 aromatic carbocycles. The molecule has 1 N–H and O–H groups in total. The smallest absolute Gasteiger partial charge is 0.271 e. The standard InChI is InChI=1S/C14H18BrN3O3/c1-17(9-10-3-2-4-16-8-10)14(19)11-5-12(15)7-13(6-11)18(20)21/h5-7,10,16H,2-4,8-9H2,1H3. The third-order valence-electron chi connectivity index (χ3n) is 3.62. The van der Waals surface area contributed by atoms with Crippen LogP contribution >= 0.6 is 15.9 Å². The summed E-state index contributed by atoms with van der Waals surface area (Å²) in [4.78, 5) is 24.4. The molecular weight excluding hydrogens is 338 g/mol. The first-order chi connectivity index (χ1) is 9.97. The van der Waals surface area contributed by atoms with Crippen molar-refractivity contribution in [3.05, 3.63) is 38.3 Å². The van der Waals surface area contributed by atoms with Crippen molar-refractivity contribution in [3.8, 4) is 0 Å². The van der Waals surface area contributed by atoms with Gasteiger partial charge in [0, 0.05) is 35.8 Å². The monoisotopic (exact) mass is 355 g/mol. The second-order valence-electron chi connectivity index (χ2n) is 5.35. The lowest BCUT2D eigenvalue weighted by Crippen LogP contribution is -2.39. The van der Waals surface area contributed by atoms with Gasteiger partial charge < -0.3 is 10.2 Å². The molecule has 0 saturated carbocycles. The van der Waals surface area contributed by atoms with Crippen LogP contribution in [-0.2, 0) is 0 Å². The Balaban J connectivity index is 2.09. The Morgan fingerprint density at radius 2 is 2.29 bits per heavy atom. The fraction of sp³-hybridized carbons (Fsp3) is 0.500. The van der Waals surface area contributed by atoms with Gasteiger partial charge >= 0.3 is 0 Å². The van der Waals surface area contributed by atoms with Crippen molar-refractivity contribution in [1.82, 2.24) is 10.2 Å². The third kappa shape index (κ3) is 4.25. The van der Waals surface area contributed by atoms with E-state index in [0.717, 1.165) is 25.9 Å². The Morgan fingerprint density at radius 3 is 2.90 bits per heavy atom. The van der Waals surface area contributed by atoms with Gasteiger partial charge in [-0.05, 0) is 37.9 Å². The van der Waals surface area contributed by atoms with E-state index in [9.17, 15) is 14.9 Å². The lowest BCUT2D eigenvalue weighted by Gasteiger charge is -2.27. The number of nitrogens with zero attached hydrogens (tertiary/aromatic N) is 2. The number of hydrogen-bond acceptors (Lipinski definition) is 4. The zero-order valence-corrected chi connectivity index (χ0v) is 13.4. The molecule has 1 unspecified atom stereocenters. The van der Waals surface area contributed by atoms with E-state index in [-0.39, 0.29) is 11.6 Å². The average Bonchev–Trinajstić information content (AvgIpc) is 2.46. The highest BCUT2D eigenvalue weighted by Gasteiger charge is 2.21. The van der Waals surface area contributed by atoms with Crippen LogP contribution in [0.2, 0.25) is 0 Å². The van der Waals surface area contributed by atoms with Gasteiger partial charge in [-0.25, -0.2) is 0 Å². The van der Waals surface area contributed by atoms with Gasteiger partial charge in [-0.2, -0.15) is 0 Å². The van der Waals surface area contributed by atoms with E-state index >= 15 is 0 Å². The highest BCUT2D eigenvalue weighted by molar-refractivity contribution is 9.10. The highest BCUT2D eigenvalue weighted by Crippen LogP contribution is 2.22. The van der Waals surface area contributed by atoms with E-state index in [2.05, 4.69) is 21.2 Å². The predicted octanol–water partition coefficient (Wildman–Crippen LogP) is 2.43. The lowest BCUT2D eigenvalue weighted by molar-refractivity contribution is -0.385. The number of rotatable bonds is 4. The van der Waals surface area contributed by atoms with Crippen LogP contribution in [0.25, 0.3) is 0 Å². The van der Waals surface area contributed by atoms with Gasteiger partial charge in [-0.15, -0.1) is 0 Å². The van der Waals surface area contributed by atoms with Crippen molar-refractivity contribution >= 4 is 27.5 Å². The summed E-state index contributed by atoms with van der Waals surface area (Å²) >= 11 is 3.21. The van der Waals surface area contributed by atoms with E-state index in [1.54, 1.807) is 18.0 Å². The largest absolute Gasteiger partial charge is 0.341 e. The molecule has 7 heteroatoms. The second-order valence-corrected chi connectivity index (χ2v) is 6.27. The molecule has 0 aliphatic carbocycles. The number of amides is 1. The quantitative estimate of drug-likeness (QED) is 0.664. The molecule has 21 heavy (non-hydrogen) atoms. The van der Waals surface area contributed by atoms with E-state index in [1.165, 1.54) is 12.1 Å². The van der Waals surface area contributed by atoms with Crippen molar-refractivity contribution in [2.24, 2.45) is 5.92 Å². The van der Waals surface area contributed by atoms with Gasteiger partial charge in [-0.3, -0.25) is 14.9 Å². The molecule has 1 amide bonds. The average molecular weight is 356 g/mol. The molecule has 1 saturated heterocycles. The molecule has 1 aliphatic rings. The van der Waals surface area contributed by atoms with E-state index < -0.39 is 4.92 Å². The molecule has 0 spiro atoms. The Bertz CT molecular complexity index is 544. The van der Waals surface area contributed by atoms with Gasteiger partial charge in [0.15, 0.2) is 0 Å². The number of piperidine rings is 1. The topological polar surface area (TPSA) is 75.5 Å². The zero-order chi connectivity index (χ0) is 15.4. The van der Waals surface area contributed by atoms with Crippen molar-refractivity contribution in [3.63, 3.8) is 0 Å². The first-order valence-corrected chi connectivity index (χ1v) is 7.68. The maximum absolute atomic E-state index is 12.4. The van der Waals surface area contributed by atoms with Crippen LogP contribution in [0, 0.1) is 16.0 Å². The van der Waals surface area contributed by atoms with Crippen LogP contribution in [0.5, 0.6) is 0 Å². The number of nitro groups is 1. The van der Waals surface area contributed by atoms with Gasteiger partial charge in [0.1, 0.15) is 0 Å². The minimum atomic E-state index is -0.493. The summed E-state index contributed by atoms with van der Waals surface area (Å²) in [6.45, 7) is 2.61. The summed E-state index contributed by atoms with van der Waals surface area (Å²) in [5.74, 6) is 0.250. The van der Waals surface area contributed by atoms with Crippen LogP contribution in [0.15, 0.2) is 22.7 Å². The predicted molar refractivity (Wildman–Crippen MR) is 83.4 cm³/mol. The van der Waals surface area contributed by atoms with Crippen LogP contribution in [0.1, 0.15) is 23.2 Å². The SMILES string of the molecule is CN(CC1CCCNC1)C(=O)c1cc(Br)cc([N+](=O)[O-])c1. The lowest BCUT2D eigenvalue weighted by atomic mass is 9.99. The number of carbonyl (C=O) groups is 1. The zero-order valence-electron chi connectivity index (χ0n) is 11.8. The molecule has 0 radical (unpaired) electrons. The fourth-order valence-electron chi connectivity index (χ4n) is 2.57. The van der Waals surface area contributed by atoms with Gasteiger partial charge in [0.05, 0.1) is 4.92 Å². The molecule has 0 aromatic heterocycles. The second kappa shape index (κ2) is 7.00. The Morgan fingerprint density at radius 1 is 1.52 bits per heavy atom. The molecule has 114 valence electrons. The van der Waals surface area contributed by atoms with Crippen LogP contribution in [-0.4, -0.2) is 42.4 Å². The van der Waals surface area contributed by atoms with Crippen LogP contribution in [0.3, 0.4) is 0 Å². The Labute approximate surface area is 131 Å². The molecular formula is C14H18BrN3O3. The normalized spacial score (nSPS) is 18.3. The fourth-order valence-corrected chi connectivity index (χ4v) is 3.05. The maximum Gasteiger partial charge on any atom is 0.271 e. The number of benzene rings is 1. The molecule has 2 rings (SSSR count). The summed E-state index contributed by atoms with van der Waals surface area (Å²) in [6.07, 6.45) is 2.22. The molecule has 1 aliphatic heterocycles. The summed E-state index contributed by atoms with van der Waals surface area (Å²) in [6, 6.07) is 4.33. The van der Waals surface area contributed by atoms with Crippen LogP contribution in [0.4, 0.5) is 5.69 Å². The van der Waals surface area contributed by atoms with Crippen molar-refractivity contribution in [2.75, 3.05) is 26.7 Å². The van der Waals surface area contributed by atoms with E-state index in [0.29, 0.717) is 22.5 Å². The van der Waals surface area contributed by atoms with E-state index in [4.69, 9.17) is 0 Å². The Kier molecular flexibility index (Phi) is 5.30. The summed E-state index contributed by atoms with van der Waals surface area (Å²) in [5, 5.41) is 14.2. The molecule has 1 atom stereocenters. The number of nitro benzene ring substituents is 1. The van der Waals surface area contributed by atoms with Crippen molar-refractivity contribution < 1.29 is 9.72 Å². The van der Waals surface area contributed by atoms with Crippen molar-refractivity contribution in [1.29, 1.82) is 0 Å². The van der Waals surface area contributed by atoms with Crippen molar-refractivity contribution in [2.45, 2.75) is 12.8 Å². The van der Waals surface area contributed by atoms with Gasteiger partial charge in [0.2, 0.25) is 0 Å². The summed E-state index contributed by atoms with van der Waals surface area (Å²) < 4.78 is 0.535. The minimum Gasteiger partial charge on any atom is -0.341 e. The first-order valence-electron chi connectivity index (χ1n) is 6.88. The molecule has 1 aromatic rings. The molecule has 1 fully saturated rings. The number of halogens is 1. The summed E-state index contributed by atoms with van der Waals surface area (Å²) in [5.41, 5.74) is 0.253. The minimum absolute atomic E-state index is 0.0829. The number of carbonyl (C=O) groups excluding carboxylic acids is 1. The number of hydrogen-bond donors (Lipinski definition) is 1. The number of nitrogens with one attached hydrogen (secondary N) is 1. The molecule has 6 nitrogen and oxygen atoms in total. The third-order valence-corrected chi connectivity index (χ3v) is 4.08. The molecule has 0 bridgehead atoms. The van der Waals surface area contributed by atoms with Gasteiger partial charge in [0.25, 0.3) is 11.6 Å². The maximum atomic E-state index is 12.4. The Hall–Kier alpha value is -1.47. The number of non-ortho nitro benzene ring substituents is 1. The summed E-state index contributed by atoms with van der Waals surface area (Å²) in [7, 11) is 1.74. The van der Waals surface area contributed by atoms with Crippen LogP contribution < -0.4 is 5.32 Å². The van der Waals surface area contributed by atoms with Gasteiger partial charge in [-0.1, -0.05) is 15.9 Å². The van der Waals surface area contributed by atoms with E-state index in [1.807, 2.05) is 0 Å². The highest BCUT2D eigenvalue weighted by atomic mass is 79.9. The molecule has 1 heterocycles. The first kappa shape index (κ1) is 15.9.